The van der Waals surface area contributed by atoms with Crippen molar-refractivity contribution in [2.24, 2.45) is 17.3 Å². The van der Waals surface area contributed by atoms with Crippen LogP contribution in [0.2, 0.25) is 0 Å². The molecule has 0 radical (unpaired) electrons. The van der Waals surface area contributed by atoms with E-state index in [2.05, 4.69) is 0 Å². The molecule has 4 fully saturated rings. The molecule has 4 aliphatic rings. The molecule has 152 valence electrons. The van der Waals surface area contributed by atoms with Crippen LogP contribution in [0.1, 0.15) is 26.7 Å². The summed E-state index contributed by atoms with van der Waals surface area (Å²) in [5, 5.41) is 0. The fourth-order valence-electron chi connectivity index (χ4n) is 5.43. The standard InChI is InChI=1S/C21H21NO7/c1-3-27-18(26)20-13-14(16(24)22(15(13)23)12-8-6-5-7-9-12)21(29-20,28-4-2)19(10-11-19)17(20)25/h5-9,13-14H,3-4,10-11H2,1-2H3/t13-,14+,20+,21-/m0/s1. The van der Waals surface area contributed by atoms with Crippen LogP contribution in [0.15, 0.2) is 30.3 Å². The Morgan fingerprint density at radius 2 is 1.72 bits per heavy atom. The van der Waals surface area contributed by atoms with Gasteiger partial charge in [-0.15, -0.1) is 0 Å². The number of anilines is 1. The molecule has 0 aromatic heterocycles. The number of carbonyl (C=O) groups excluding carboxylic acids is 4. The molecule has 4 atom stereocenters. The van der Waals surface area contributed by atoms with Gasteiger partial charge in [0.2, 0.25) is 17.4 Å². The Labute approximate surface area is 167 Å². The topological polar surface area (TPSA) is 99.2 Å². The molecule has 0 unspecified atom stereocenters. The van der Waals surface area contributed by atoms with Crippen molar-refractivity contribution < 1.29 is 33.4 Å². The summed E-state index contributed by atoms with van der Waals surface area (Å²) >= 11 is 0. The fraction of sp³-hybridized carbons (Fsp3) is 0.524. The molecule has 1 aromatic rings. The minimum absolute atomic E-state index is 0.0216. The average molecular weight is 399 g/mol. The summed E-state index contributed by atoms with van der Waals surface area (Å²) in [5.41, 5.74) is -2.83. The molecule has 8 heteroatoms. The second-order valence-corrected chi connectivity index (χ2v) is 7.87. The summed E-state index contributed by atoms with van der Waals surface area (Å²) < 4.78 is 17.2. The first-order valence-corrected chi connectivity index (χ1v) is 9.90. The summed E-state index contributed by atoms with van der Waals surface area (Å²) in [4.78, 5) is 54.5. The normalized spacial score (nSPS) is 36.1. The van der Waals surface area contributed by atoms with Crippen LogP contribution in [-0.2, 0) is 33.4 Å². The van der Waals surface area contributed by atoms with Crippen molar-refractivity contribution in [2.75, 3.05) is 18.1 Å². The molecule has 8 nitrogen and oxygen atoms in total. The van der Waals surface area contributed by atoms with E-state index in [1.807, 2.05) is 0 Å². The molecule has 2 amide bonds. The molecule has 5 rings (SSSR count). The lowest BCUT2D eigenvalue weighted by Crippen LogP contribution is -2.59. The van der Waals surface area contributed by atoms with E-state index in [-0.39, 0.29) is 13.2 Å². The van der Waals surface area contributed by atoms with Crippen molar-refractivity contribution in [3.05, 3.63) is 30.3 Å². The maximum atomic E-state index is 13.5. The molecule has 3 saturated heterocycles. The SMILES string of the molecule is CCOC(=O)[C@@]12O[C@@](OCC)([C@H]3C(=O)N(c4ccccc4)C(=O)[C@H]31)C1(CC1)C2=O. The molecule has 1 aliphatic carbocycles. The Morgan fingerprint density at radius 3 is 2.31 bits per heavy atom. The van der Waals surface area contributed by atoms with Crippen LogP contribution in [0, 0.1) is 17.3 Å². The maximum absolute atomic E-state index is 13.5. The van der Waals surface area contributed by atoms with E-state index in [0.29, 0.717) is 18.5 Å². The summed E-state index contributed by atoms with van der Waals surface area (Å²) in [6.07, 6.45) is 0.895. The molecular weight excluding hydrogens is 378 g/mol. The van der Waals surface area contributed by atoms with Crippen molar-refractivity contribution in [3.63, 3.8) is 0 Å². The molecule has 2 bridgehead atoms. The first-order chi connectivity index (χ1) is 13.9. The van der Waals surface area contributed by atoms with Gasteiger partial charge >= 0.3 is 5.97 Å². The van der Waals surface area contributed by atoms with Gasteiger partial charge in [-0.1, -0.05) is 18.2 Å². The highest BCUT2D eigenvalue weighted by atomic mass is 16.7. The van der Waals surface area contributed by atoms with Crippen molar-refractivity contribution in [1.82, 2.24) is 0 Å². The van der Waals surface area contributed by atoms with Gasteiger partial charge in [0.25, 0.3) is 0 Å². The van der Waals surface area contributed by atoms with Crippen molar-refractivity contribution in [3.8, 4) is 0 Å². The van der Waals surface area contributed by atoms with E-state index in [4.69, 9.17) is 14.2 Å². The van der Waals surface area contributed by atoms with Gasteiger partial charge in [0, 0.05) is 6.61 Å². The zero-order valence-electron chi connectivity index (χ0n) is 16.2. The predicted octanol–water partition coefficient (Wildman–Crippen LogP) is 1.22. The Kier molecular flexibility index (Phi) is 3.65. The summed E-state index contributed by atoms with van der Waals surface area (Å²) in [5.74, 6) is -6.53. The molecule has 3 aliphatic heterocycles. The lowest BCUT2D eigenvalue weighted by molar-refractivity contribution is -0.254. The zero-order chi connectivity index (χ0) is 20.6. The Balaban J connectivity index is 1.71. The van der Waals surface area contributed by atoms with Crippen molar-refractivity contribution >= 4 is 29.3 Å². The van der Waals surface area contributed by atoms with Crippen LogP contribution in [-0.4, -0.2) is 48.2 Å². The van der Waals surface area contributed by atoms with Crippen LogP contribution in [0.25, 0.3) is 0 Å². The van der Waals surface area contributed by atoms with Crippen LogP contribution < -0.4 is 4.90 Å². The highest BCUT2D eigenvalue weighted by molar-refractivity contribution is 6.29. The number of amides is 2. The monoisotopic (exact) mass is 399 g/mol. The van der Waals surface area contributed by atoms with Gasteiger partial charge in [0.05, 0.1) is 17.7 Å². The molecule has 3 heterocycles. The molecule has 0 N–H and O–H groups in total. The number of para-hydroxylation sites is 1. The molecule has 1 spiro atoms. The average Bonchev–Trinajstić information content (AvgIpc) is 3.34. The maximum Gasteiger partial charge on any atom is 0.347 e. The summed E-state index contributed by atoms with van der Waals surface area (Å²) in [6.45, 7) is 3.53. The first kappa shape index (κ1) is 18.4. The van der Waals surface area contributed by atoms with Gasteiger partial charge < -0.3 is 14.2 Å². The van der Waals surface area contributed by atoms with Crippen LogP contribution in [0.5, 0.6) is 0 Å². The van der Waals surface area contributed by atoms with Crippen LogP contribution in [0.4, 0.5) is 5.69 Å². The highest BCUT2D eigenvalue weighted by Crippen LogP contribution is 2.75. The highest BCUT2D eigenvalue weighted by Gasteiger charge is 2.93. The van der Waals surface area contributed by atoms with E-state index in [9.17, 15) is 19.2 Å². The Hall–Kier alpha value is -2.58. The second kappa shape index (κ2) is 5.73. The van der Waals surface area contributed by atoms with Gasteiger partial charge in [-0.3, -0.25) is 14.4 Å². The number of ether oxygens (including phenoxy) is 3. The molecule has 29 heavy (non-hydrogen) atoms. The van der Waals surface area contributed by atoms with Gasteiger partial charge in [0.15, 0.2) is 11.6 Å². The third-order valence-electron chi connectivity index (χ3n) is 6.61. The number of imide groups is 1. The second-order valence-electron chi connectivity index (χ2n) is 7.87. The number of nitrogens with zero attached hydrogens (tertiary/aromatic N) is 1. The van der Waals surface area contributed by atoms with Crippen molar-refractivity contribution in [2.45, 2.75) is 38.1 Å². The summed E-state index contributed by atoms with van der Waals surface area (Å²) in [6, 6.07) is 8.47. The third-order valence-corrected chi connectivity index (χ3v) is 6.61. The number of carbonyl (C=O) groups is 4. The fourth-order valence-corrected chi connectivity index (χ4v) is 5.43. The number of ketones is 1. The van der Waals surface area contributed by atoms with E-state index in [0.717, 1.165) is 4.90 Å². The zero-order valence-corrected chi connectivity index (χ0v) is 16.2. The smallest absolute Gasteiger partial charge is 0.347 e. The lowest BCUT2D eigenvalue weighted by atomic mass is 9.64. The lowest BCUT2D eigenvalue weighted by Gasteiger charge is -2.36. The van der Waals surface area contributed by atoms with Crippen LogP contribution >= 0.6 is 0 Å². The number of benzene rings is 1. The largest absolute Gasteiger partial charge is 0.463 e. The number of rotatable bonds is 5. The number of fused-ring (bicyclic) bond motifs is 6. The van der Waals surface area contributed by atoms with E-state index < -0.39 is 52.2 Å². The number of hydrogen-bond donors (Lipinski definition) is 0. The first-order valence-electron chi connectivity index (χ1n) is 9.90. The van der Waals surface area contributed by atoms with Crippen LogP contribution in [0.3, 0.4) is 0 Å². The molecular formula is C21H21NO7. The Morgan fingerprint density at radius 1 is 1.07 bits per heavy atom. The van der Waals surface area contributed by atoms with Gasteiger partial charge in [-0.2, -0.15) is 0 Å². The summed E-state index contributed by atoms with van der Waals surface area (Å²) in [7, 11) is 0. The van der Waals surface area contributed by atoms with E-state index >= 15 is 0 Å². The van der Waals surface area contributed by atoms with Gasteiger partial charge in [-0.05, 0) is 38.8 Å². The van der Waals surface area contributed by atoms with E-state index in [1.165, 1.54) is 0 Å². The third kappa shape index (κ3) is 1.87. The minimum Gasteiger partial charge on any atom is -0.463 e. The van der Waals surface area contributed by atoms with Gasteiger partial charge in [-0.25, -0.2) is 9.69 Å². The van der Waals surface area contributed by atoms with E-state index in [1.54, 1.807) is 44.2 Å². The molecule has 1 aromatic carbocycles. The number of hydrogen-bond acceptors (Lipinski definition) is 7. The minimum atomic E-state index is -2.14. The predicted molar refractivity (Wildman–Crippen MR) is 97.4 cm³/mol. The molecule has 1 saturated carbocycles. The van der Waals surface area contributed by atoms with Crippen molar-refractivity contribution in [1.29, 1.82) is 0 Å². The number of Topliss-reactive ketones (excluding diaryl/α,β-unsaturated/α-hetero) is 1. The quantitative estimate of drug-likeness (QED) is 0.417. The number of esters is 1. The Bertz CT molecular complexity index is 940. The van der Waals surface area contributed by atoms with Gasteiger partial charge in [0.1, 0.15) is 11.8 Å².